The first kappa shape index (κ1) is 25.3. The van der Waals surface area contributed by atoms with E-state index in [-0.39, 0.29) is 19.1 Å². The zero-order valence-electron chi connectivity index (χ0n) is 19.4. The molecule has 182 valence electrons. The predicted octanol–water partition coefficient (Wildman–Crippen LogP) is 4.76. The highest BCUT2D eigenvalue weighted by atomic mass is 16.6. The number of aliphatic hydroxyl groups excluding tert-OH is 1. The van der Waals surface area contributed by atoms with Gasteiger partial charge in [0, 0.05) is 17.2 Å². The van der Waals surface area contributed by atoms with E-state index in [2.05, 4.69) is 10.6 Å². The molecule has 2 amide bonds. The maximum Gasteiger partial charge on any atom is 0.412 e. The number of anilines is 3. The van der Waals surface area contributed by atoms with E-state index >= 15 is 0 Å². The van der Waals surface area contributed by atoms with Crippen LogP contribution in [-0.4, -0.2) is 30.3 Å². The standard InChI is InChI=1S/C27H29N3O5/c1-19(15-16-25(32)30-23-13-7-6-12-22(23)28)26(21-11-5-8-14-24(21)34-18-17-31)35-27(33)29-20-9-3-2-4-10-20/h2-16,19,26,31H,17-18,28H2,1H3,(H,29,33)(H,30,32)/b16-15+/t19-,26+/m1/s1. The molecule has 8 heteroatoms. The van der Waals surface area contributed by atoms with E-state index in [4.69, 9.17) is 15.2 Å². The van der Waals surface area contributed by atoms with Gasteiger partial charge in [-0.15, -0.1) is 0 Å². The van der Waals surface area contributed by atoms with Crippen LogP contribution in [0.5, 0.6) is 5.75 Å². The van der Waals surface area contributed by atoms with Crippen LogP contribution in [0.4, 0.5) is 21.9 Å². The number of aliphatic hydroxyl groups is 1. The highest BCUT2D eigenvalue weighted by molar-refractivity contribution is 6.01. The van der Waals surface area contributed by atoms with E-state index in [1.165, 1.54) is 6.08 Å². The molecule has 3 aromatic carbocycles. The summed E-state index contributed by atoms with van der Waals surface area (Å²) in [6.45, 7) is 1.75. The maximum absolute atomic E-state index is 12.7. The molecule has 0 saturated carbocycles. The lowest BCUT2D eigenvalue weighted by molar-refractivity contribution is -0.111. The number of hydrogen-bond donors (Lipinski definition) is 4. The summed E-state index contributed by atoms with van der Waals surface area (Å²) in [4.78, 5) is 25.2. The molecule has 5 N–H and O–H groups in total. The number of para-hydroxylation sites is 4. The summed E-state index contributed by atoms with van der Waals surface area (Å²) in [6.07, 6.45) is 1.59. The molecule has 0 spiro atoms. The molecule has 3 rings (SSSR count). The van der Waals surface area contributed by atoms with E-state index in [1.54, 1.807) is 78.9 Å². The Kier molecular flexibility index (Phi) is 9.27. The second-order valence-corrected chi connectivity index (χ2v) is 7.72. The second-order valence-electron chi connectivity index (χ2n) is 7.72. The fourth-order valence-electron chi connectivity index (χ4n) is 3.37. The van der Waals surface area contributed by atoms with Crippen LogP contribution in [0.15, 0.2) is 91.0 Å². The van der Waals surface area contributed by atoms with Crippen LogP contribution in [0.2, 0.25) is 0 Å². The number of ether oxygens (including phenoxy) is 2. The Morgan fingerprint density at radius 3 is 2.40 bits per heavy atom. The van der Waals surface area contributed by atoms with Crippen LogP contribution in [0.25, 0.3) is 0 Å². The number of nitrogens with two attached hydrogens (primary N) is 1. The average Bonchev–Trinajstić information content (AvgIpc) is 2.87. The summed E-state index contributed by atoms with van der Waals surface area (Å²) in [7, 11) is 0. The molecule has 35 heavy (non-hydrogen) atoms. The van der Waals surface area contributed by atoms with Crippen molar-refractivity contribution >= 4 is 29.1 Å². The summed E-state index contributed by atoms with van der Waals surface area (Å²) >= 11 is 0. The van der Waals surface area contributed by atoms with E-state index in [0.717, 1.165) is 0 Å². The van der Waals surface area contributed by atoms with Gasteiger partial charge in [-0.25, -0.2) is 4.79 Å². The van der Waals surface area contributed by atoms with Crippen molar-refractivity contribution in [3.63, 3.8) is 0 Å². The number of hydrogen-bond acceptors (Lipinski definition) is 6. The lowest BCUT2D eigenvalue weighted by Crippen LogP contribution is -2.22. The Labute approximate surface area is 204 Å². The molecule has 8 nitrogen and oxygen atoms in total. The first-order valence-corrected chi connectivity index (χ1v) is 11.2. The van der Waals surface area contributed by atoms with Crippen molar-refractivity contribution in [2.75, 3.05) is 29.6 Å². The Morgan fingerprint density at radius 2 is 1.66 bits per heavy atom. The average molecular weight is 476 g/mol. The third-order valence-corrected chi connectivity index (χ3v) is 5.08. The molecule has 0 bridgehead atoms. The quantitative estimate of drug-likeness (QED) is 0.248. The van der Waals surface area contributed by atoms with Gasteiger partial charge in [-0.2, -0.15) is 0 Å². The van der Waals surface area contributed by atoms with Crippen LogP contribution in [0.1, 0.15) is 18.6 Å². The van der Waals surface area contributed by atoms with Gasteiger partial charge in [0.15, 0.2) is 0 Å². The first-order valence-electron chi connectivity index (χ1n) is 11.2. The molecule has 0 aliphatic carbocycles. The van der Waals surface area contributed by atoms with E-state index < -0.39 is 18.1 Å². The second kappa shape index (κ2) is 12.8. The van der Waals surface area contributed by atoms with Gasteiger partial charge in [0.25, 0.3) is 0 Å². The summed E-state index contributed by atoms with van der Waals surface area (Å²) in [5.41, 5.74) is 8.04. The van der Waals surface area contributed by atoms with Crippen molar-refractivity contribution in [2.24, 2.45) is 5.92 Å². The molecule has 0 aliphatic rings. The van der Waals surface area contributed by atoms with E-state index in [9.17, 15) is 14.7 Å². The van der Waals surface area contributed by atoms with Crippen molar-refractivity contribution in [3.8, 4) is 5.75 Å². The molecular weight excluding hydrogens is 446 g/mol. The van der Waals surface area contributed by atoms with Crippen LogP contribution >= 0.6 is 0 Å². The lowest BCUT2D eigenvalue weighted by atomic mass is 9.95. The smallest absolute Gasteiger partial charge is 0.412 e. The largest absolute Gasteiger partial charge is 0.491 e. The van der Waals surface area contributed by atoms with Gasteiger partial charge in [0.2, 0.25) is 5.91 Å². The van der Waals surface area contributed by atoms with Gasteiger partial charge in [0.1, 0.15) is 18.5 Å². The fourth-order valence-corrected chi connectivity index (χ4v) is 3.37. The molecule has 0 radical (unpaired) electrons. The van der Waals surface area contributed by atoms with Crippen LogP contribution in [-0.2, 0) is 9.53 Å². The number of nitrogens with one attached hydrogen (secondary N) is 2. The highest BCUT2D eigenvalue weighted by Crippen LogP contribution is 2.34. The summed E-state index contributed by atoms with van der Waals surface area (Å²) < 4.78 is 11.5. The Balaban J connectivity index is 1.80. The van der Waals surface area contributed by atoms with Crippen LogP contribution in [0.3, 0.4) is 0 Å². The van der Waals surface area contributed by atoms with Gasteiger partial charge in [-0.3, -0.25) is 10.1 Å². The van der Waals surface area contributed by atoms with Gasteiger partial charge in [-0.05, 0) is 36.4 Å². The number of carbonyl (C=O) groups is 2. The molecule has 0 fully saturated rings. The van der Waals surface area contributed by atoms with Crippen molar-refractivity contribution in [1.82, 2.24) is 0 Å². The normalized spacial score (nSPS) is 12.5. The predicted molar refractivity (Wildman–Crippen MR) is 136 cm³/mol. The van der Waals surface area contributed by atoms with Crippen molar-refractivity contribution < 1.29 is 24.2 Å². The van der Waals surface area contributed by atoms with Crippen molar-refractivity contribution in [2.45, 2.75) is 13.0 Å². The Hall–Kier alpha value is -4.30. The van der Waals surface area contributed by atoms with Crippen molar-refractivity contribution in [3.05, 3.63) is 96.6 Å². The van der Waals surface area contributed by atoms with Gasteiger partial charge in [0.05, 0.1) is 18.0 Å². The lowest BCUT2D eigenvalue weighted by Gasteiger charge is -2.24. The number of carbonyl (C=O) groups excluding carboxylic acids is 2. The Morgan fingerprint density at radius 1 is 0.971 bits per heavy atom. The topological polar surface area (TPSA) is 123 Å². The minimum atomic E-state index is -0.778. The van der Waals surface area contributed by atoms with Gasteiger partial charge in [-0.1, -0.05) is 61.5 Å². The fraction of sp³-hybridized carbons (Fsp3) is 0.185. The zero-order valence-corrected chi connectivity index (χ0v) is 19.4. The molecular formula is C27H29N3O5. The molecule has 0 heterocycles. The number of amides is 2. The molecule has 0 aliphatic heterocycles. The summed E-state index contributed by atoms with van der Waals surface area (Å²) in [5, 5.41) is 14.6. The van der Waals surface area contributed by atoms with Gasteiger partial charge < -0.3 is 25.6 Å². The number of rotatable bonds is 10. The summed E-state index contributed by atoms with van der Waals surface area (Å²) in [6, 6.07) is 23.0. The number of nitrogen functional groups attached to an aromatic ring is 1. The van der Waals surface area contributed by atoms with E-state index in [1.807, 2.05) is 13.0 Å². The molecule has 2 atom stereocenters. The maximum atomic E-state index is 12.7. The third kappa shape index (κ3) is 7.62. The minimum Gasteiger partial charge on any atom is -0.491 e. The van der Waals surface area contributed by atoms with E-state index in [0.29, 0.717) is 28.4 Å². The molecule has 0 unspecified atom stereocenters. The highest BCUT2D eigenvalue weighted by Gasteiger charge is 2.25. The SMILES string of the molecule is C[C@H](/C=C/C(=O)Nc1ccccc1N)[C@H](OC(=O)Nc1ccccc1)c1ccccc1OCCO. The monoisotopic (exact) mass is 475 g/mol. The number of benzene rings is 3. The van der Waals surface area contributed by atoms with Crippen LogP contribution in [0, 0.1) is 5.92 Å². The zero-order chi connectivity index (χ0) is 25.0. The third-order valence-electron chi connectivity index (χ3n) is 5.08. The first-order chi connectivity index (χ1) is 17.0. The van der Waals surface area contributed by atoms with Crippen LogP contribution < -0.4 is 21.1 Å². The minimum absolute atomic E-state index is 0.0884. The molecule has 0 saturated heterocycles. The Bertz CT molecular complexity index is 1150. The molecule has 3 aromatic rings. The summed E-state index contributed by atoms with van der Waals surface area (Å²) in [5.74, 6) is -0.304. The van der Waals surface area contributed by atoms with Gasteiger partial charge >= 0.3 is 6.09 Å². The van der Waals surface area contributed by atoms with Crippen molar-refractivity contribution in [1.29, 1.82) is 0 Å². The molecule has 0 aromatic heterocycles.